The van der Waals surface area contributed by atoms with Gasteiger partial charge < -0.3 is 10.1 Å². The molecule has 0 aliphatic carbocycles. The first kappa shape index (κ1) is 12.2. The van der Waals surface area contributed by atoms with E-state index in [1.807, 2.05) is 30.5 Å². The van der Waals surface area contributed by atoms with E-state index in [0.717, 1.165) is 34.1 Å². The Hall–Kier alpha value is -1.88. The third-order valence-electron chi connectivity index (χ3n) is 3.03. The highest BCUT2D eigenvalue weighted by atomic mass is 32.1. The Bertz CT molecular complexity index is 622. The van der Waals surface area contributed by atoms with E-state index in [9.17, 15) is 4.79 Å². The Morgan fingerprint density at radius 2 is 2.32 bits per heavy atom. The molecule has 0 saturated carbocycles. The van der Waals surface area contributed by atoms with Gasteiger partial charge in [-0.3, -0.25) is 4.79 Å². The molecule has 1 aliphatic rings. The number of rotatable bonds is 3. The van der Waals surface area contributed by atoms with Gasteiger partial charge in [0.15, 0.2) is 0 Å². The van der Waals surface area contributed by atoms with Crippen molar-refractivity contribution in [3.8, 4) is 5.75 Å². The van der Waals surface area contributed by atoms with E-state index in [1.54, 1.807) is 11.3 Å². The first-order valence-electron chi connectivity index (χ1n) is 6.17. The number of fused-ring (bicyclic) bond motifs is 1. The second-order valence-electron chi connectivity index (χ2n) is 4.51. The highest BCUT2D eigenvalue weighted by Crippen LogP contribution is 2.27. The third kappa shape index (κ3) is 2.76. The Morgan fingerprint density at radius 1 is 1.42 bits per heavy atom. The van der Waals surface area contributed by atoms with Gasteiger partial charge in [0.1, 0.15) is 12.4 Å². The Kier molecular flexibility index (Phi) is 3.21. The highest BCUT2D eigenvalue weighted by molar-refractivity contribution is 7.09. The van der Waals surface area contributed by atoms with Crippen molar-refractivity contribution >= 4 is 22.9 Å². The van der Waals surface area contributed by atoms with Gasteiger partial charge in [-0.2, -0.15) is 0 Å². The van der Waals surface area contributed by atoms with Crippen molar-refractivity contribution in [3.63, 3.8) is 0 Å². The van der Waals surface area contributed by atoms with Crippen LogP contribution in [-0.4, -0.2) is 10.9 Å². The van der Waals surface area contributed by atoms with Crippen molar-refractivity contribution in [2.45, 2.75) is 26.4 Å². The van der Waals surface area contributed by atoms with E-state index < -0.39 is 0 Å². The van der Waals surface area contributed by atoms with E-state index in [-0.39, 0.29) is 5.91 Å². The van der Waals surface area contributed by atoms with Gasteiger partial charge >= 0.3 is 0 Å². The maximum atomic E-state index is 11.4. The first-order valence-corrected chi connectivity index (χ1v) is 7.05. The minimum Gasteiger partial charge on any atom is -0.487 e. The third-order valence-corrected chi connectivity index (χ3v) is 3.85. The van der Waals surface area contributed by atoms with Gasteiger partial charge in [0.05, 0.1) is 10.7 Å². The molecule has 98 valence electrons. The molecular formula is C14H14N2O2S. The number of carbonyl (C=O) groups excluding carboxylic acids is 1. The minimum absolute atomic E-state index is 0.0692. The molecule has 1 aliphatic heterocycles. The van der Waals surface area contributed by atoms with Gasteiger partial charge in [0.25, 0.3) is 0 Å². The summed E-state index contributed by atoms with van der Waals surface area (Å²) in [5.74, 6) is 0.825. The quantitative estimate of drug-likeness (QED) is 0.936. The molecule has 0 spiro atoms. The van der Waals surface area contributed by atoms with Crippen LogP contribution < -0.4 is 10.1 Å². The summed E-state index contributed by atoms with van der Waals surface area (Å²) >= 11 is 1.61. The normalized spacial score (nSPS) is 13.8. The summed E-state index contributed by atoms with van der Waals surface area (Å²) in [5.41, 5.74) is 2.96. The Morgan fingerprint density at radius 3 is 3.11 bits per heavy atom. The Balaban J connectivity index is 1.71. The molecule has 4 nitrogen and oxygen atoms in total. The van der Waals surface area contributed by atoms with Crippen LogP contribution in [0.5, 0.6) is 5.75 Å². The summed E-state index contributed by atoms with van der Waals surface area (Å²) in [6.07, 6.45) is 1.36. The first-order chi connectivity index (χ1) is 9.20. The number of nitrogens with one attached hydrogen (secondary N) is 1. The van der Waals surface area contributed by atoms with E-state index in [1.165, 1.54) is 0 Å². The van der Waals surface area contributed by atoms with Crippen molar-refractivity contribution in [2.24, 2.45) is 0 Å². The van der Waals surface area contributed by atoms with Gasteiger partial charge in [-0.15, -0.1) is 11.3 Å². The maximum Gasteiger partial charge on any atom is 0.224 e. The monoisotopic (exact) mass is 274 g/mol. The molecule has 0 fully saturated rings. The fourth-order valence-electron chi connectivity index (χ4n) is 2.07. The number of amides is 1. The zero-order chi connectivity index (χ0) is 13.2. The fourth-order valence-corrected chi connectivity index (χ4v) is 2.67. The van der Waals surface area contributed by atoms with E-state index >= 15 is 0 Å². The van der Waals surface area contributed by atoms with Crippen LogP contribution in [0.1, 0.15) is 22.7 Å². The number of anilines is 1. The van der Waals surface area contributed by atoms with Crippen LogP contribution in [0.2, 0.25) is 0 Å². The number of ether oxygens (including phenoxy) is 1. The molecule has 1 N–H and O–H groups in total. The highest BCUT2D eigenvalue weighted by Gasteiger charge is 2.15. The summed E-state index contributed by atoms with van der Waals surface area (Å²) in [6.45, 7) is 2.43. The molecule has 19 heavy (non-hydrogen) atoms. The van der Waals surface area contributed by atoms with Crippen LogP contribution in [0.15, 0.2) is 23.6 Å². The maximum absolute atomic E-state index is 11.4. The zero-order valence-electron chi connectivity index (χ0n) is 10.6. The van der Waals surface area contributed by atoms with Gasteiger partial charge in [0.2, 0.25) is 5.91 Å². The molecule has 0 unspecified atom stereocenters. The van der Waals surface area contributed by atoms with Crippen LogP contribution in [0.4, 0.5) is 5.69 Å². The molecular weight excluding hydrogens is 260 g/mol. The van der Waals surface area contributed by atoms with Crippen molar-refractivity contribution in [1.82, 2.24) is 4.98 Å². The Labute approximate surface area is 115 Å². The van der Waals surface area contributed by atoms with Crippen molar-refractivity contribution in [1.29, 1.82) is 0 Å². The van der Waals surface area contributed by atoms with Gasteiger partial charge in [-0.1, -0.05) is 6.07 Å². The summed E-state index contributed by atoms with van der Waals surface area (Å²) in [6, 6.07) is 5.83. The van der Waals surface area contributed by atoms with Crippen molar-refractivity contribution < 1.29 is 9.53 Å². The lowest BCUT2D eigenvalue weighted by Crippen LogP contribution is -2.18. The van der Waals surface area contributed by atoms with E-state index in [2.05, 4.69) is 10.3 Å². The smallest absolute Gasteiger partial charge is 0.224 e. The SMILES string of the molecule is Cc1nc(COc2ccc3c(c2)NC(=O)CC3)cs1. The number of nitrogens with zero attached hydrogens (tertiary/aromatic N) is 1. The number of benzene rings is 1. The lowest BCUT2D eigenvalue weighted by Gasteiger charge is -2.17. The largest absolute Gasteiger partial charge is 0.487 e. The van der Waals surface area contributed by atoms with Crippen LogP contribution >= 0.6 is 11.3 Å². The van der Waals surface area contributed by atoms with Crippen LogP contribution in [0, 0.1) is 6.92 Å². The molecule has 2 aromatic rings. The predicted molar refractivity (Wildman–Crippen MR) is 74.6 cm³/mol. The van der Waals surface area contributed by atoms with Gasteiger partial charge in [-0.25, -0.2) is 4.98 Å². The summed E-state index contributed by atoms with van der Waals surface area (Å²) in [4.78, 5) is 15.7. The average Bonchev–Trinajstić information content (AvgIpc) is 2.81. The average molecular weight is 274 g/mol. The van der Waals surface area contributed by atoms with Crippen LogP contribution in [0.3, 0.4) is 0 Å². The molecule has 1 amide bonds. The predicted octanol–water partition coefficient (Wildman–Crippen LogP) is 2.92. The number of thiazole rings is 1. The topological polar surface area (TPSA) is 51.2 Å². The molecule has 0 atom stereocenters. The van der Waals surface area contributed by atoms with Gasteiger partial charge in [0, 0.05) is 23.6 Å². The fraction of sp³-hybridized carbons (Fsp3) is 0.286. The van der Waals surface area contributed by atoms with Crippen molar-refractivity contribution in [3.05, 3.63) is 39.8 Å². The number of hydrogen-bond acceptors (Lipinski definition) is 4. The van der Waals surface area contributed by atoms with E-state index in [4.69, 9.17) is 4.74 Å². The summed E-state index contributed by atoms with van der Waals surface area (Å²) in [5, 5.41) is 5.90. The molecule has 3 rings (SSSR count). The zero-order valence-corrected chi connectivity index (χ0v) is 11.4. The van der Waals surface area contributed by atoms with E-state index in [0.29, 0.717) is 13.0 Å². The molecule has 0 bridgehead atoms. The lowest BCUT2D eigenvalue weighted by molar-refractivity contribution is -0.116. The van der Waals surface area contributed by atoms with Gasteiger partial charge in [-0.05, 0) is 25.0 Å². The number of aryl methyl sites for hydroxylation is 2. The number of hydrogen-bond donors (Lipinski definition) is 1. The van der Waals surface area contributed by atoms with Crippen molar-refractivity contribution in [2.75, 3.05) is 5.32 Å². The second-order valence-corrected chi connectivity index (χ2v) is 5.58. The standard InChI is InChI=1S/C14H14N2O2S/c1-9-15-11(8-19-9)7-18-12-4-2-10-3-5-14(17)16-13(10)6-12/h2,4,6,8H,3,5,7H2,1H3,(H,16,17). The minimum atomic E-state index is 0.0692. The number of aromatic nitrogens is 1. The molecule has 5 heteroatoms. The number of carbonyl (C=O) groups is 1. The molecule has 1 aromatic carbocycles. The van der Waals surface area contributed by atoms with Crippen LogP contribution in [-0.2, 0) is 17.8 Å². The molecule has 2 heterocycles. The lowest BCUT2D eigenvalue weighted by atomic mass is 10.0. The molecule has 0 radical (unpaired) electrons. The second kappa shape index (κ2) is 5.01. The molecule has 1 aromatic heterocycles. The summed E-state index contributed by atoms with van der Waals surface area (Å²) < 4.78 is 5.70. The van der Waals surface area contributed by atoms with Crippen LogP contribution in [0.25, 0.3) is 0 Å². The molecule has 0 saturated heterocycles. The summed E-state index contributed by atoms with van der Waals surface area (Å²) in [7, 11) is 0.